The van der Waals surface area contributed by atoms with Gasteiger partial charge in [-0.1, -0.05) is 30.7 Å². The maximum atomic E-state index is 12.1. The summed E-state index contributed by atoms with van der Waals surface area (Å²) in [7, 11) is 0. The third-order valence-corrected chi connectivity index (χ3v) is 5.23. The molecule has 1 aliphatic rings. The first-order valence-corrected chi connectivity index (χ1v) is 9.91. The first-order chi connectivity index (χ1) is 13.0. The van der Waals surface area contributed by atoms with Crippen LogP contribution in [0.2, 0.25) is 5.02 Å². The van der Waals surface area contributed by atoms with E-state index in [0.717, 1.165) is 24.6 Å². The largest absolute Gasteiger partial charge is 0.484 e. The monoisotopic (exact) mass is 386 g/mol. The van der Waals surface area contributed by atoms with Crippen molar-refractivity contribution in [2.45, 2.75) is 32.7 Å². The maximum absolute atomic E-state index is 12.1. The molecule has 4 nitrogen and oxygen atoms in total. The van der Waals surface area contributed by atoms with Crippen molar-refractivity contribution in [1.82, 2.24) is 5.32 Å². The van der Waals surface area contributed by atoms with Gasteiger partial charge in [-0.2, -0.15) is 0 Å². The van der Waals surface area contributed by atoms with Gasteiger partial charge in [0.25, 0.3) is 5.91 Å². The minimum atomic E-state index is -0.147. The summed E-state index contributed by atoms with van der Waals surface area (Å²) < 4.78 is 5.49. The molecule has 0 spiro atoms. The molecule has 27 heavy (non-hydrogen) atoms. The van der Waals surface area contributed by atoms with E-state index in [2.05, 4.69) is 41.4 Å². The zero-order valence-electron chi connectivity index (χ0n) is 16.0. The van der Waals surface area contributed by atoms with Gasteiger partial charge in [0.1, 0.15) is 5.75 Å². The first kappa shape index (κ1) is 19.6. The first-order valence-electron chi connectivity index (χ1n) is 9.54. The summed E-state index contributed by atoms with van der Waals surface area (Å²) in [6.45, 7) is 6.52. The van der Waals surface area contributed by atoms with Crippen LogP contribution >= 0.6 is 11.6 Å². The van der Waals surface area contributed by atoms with Crippen LogP contribution in [0.1, 0.15) is 38.3 Å². The molecule has 5 heteroatoms. The number of amides is 1. The van der Waals surface area contributed by atoms with Crippen molar-refractivity contribution in [1.29, 1.82) is 0 Å². The Labute approximate surface area is 166 Å². The van der Waals surface area contributed by atoms with Gasteiger partial charge in [0.2, 0.25) is 0 Å². The van der Waals surface area contributed by atoms with Gasteiger partial charge in [0.15, 0.2) is 6.61 Å². The van der Waals surface area contributed by atoms with E-state index < -0.39 is 0 Å². The van der Waals surface area contributed by atoms with E-state index in [9.17, 15) is 4.79 Å². The van der Waals surface area contributed by atoms with Gasteiger partial charge < -0.3 is 15.0 Å². The summed E-state index contributed by atoms with van der Waals surface area (Å²) in [6, 6.07) is 15.4. The summed E-state index contributed by atoms with van der Waals surface area (Å²) in [4.78, 5) is 14.6. The molecule has 0 radical (unpaired) electrons. The van der Waals surface area contributed by atoms with Crippen LogP contribution in [-0.4, -0.2) is 25.6 Å². The molecule has 0 unspecified atom stereocenters. The standard InChI is InChI=1S/C22H27ClN2O2/c1-16-4-3-13-25(14-16)20-9-5-18(6-10-20)17(2)24-22(26)15-27-21-11-7-19(23)8-12-21/h5-12,16-17H,3-4,13-15H2,1-2H3,(H,24,26)/t16-,17+/m0/s1. The van der Waals surface area contributed by atoms with E-state index in [0.29, 0.717) is 10.8 Å². The normalized spacial score (nSPS) is 18.0. The number of benzene rings is 2. The topological polar surface area (TPSA) is 41.6 Å². The number of carbonyl (C=O) groups is 1. The van der Waals surface area contributed by atoms with Crippen molar-refractivity contribution in [3.63, 3.8) is 0 Å². The van der Waals surface area contributed by atoms with E-state index in [1.807, 2.05) is 6.92 Å². The minimum Gasteiger partial charge on any atom is -0.484 e. The van der Waals surface area contributed by atoms with Gasteiger partial charge >= 0.3 is 0 Å². The highest BCUT2D eigenvalue weighted by molar-refractivity contribution is 6.30. The highest BCUT2D eigenvalue weighted by Crippen LogP contribution is 2.24. The SMILES string of the molecule is C[C@H]1CCCN(c2ccc([C@@H](C)NC(=O)COc3ccc(Cl)cc3)cc2)C1. The van der Waals surface area contributed by atoms with Gasteiger partial charge in [-0.3, -0.25) is 4.79 Å². The quantitative estimate of drug-likeness (QED) is 0.772. The Bertz CT molecular complexity index is 746. The van der Waals surface area contributed by atoms with Crippen LogP contribution in [0, 0.1) is 5.92 Å². The predicted molar refractivity (Wildman–Crippen MR) is 111 cm³/mol. The molecular weight excluding hydrogens is 360 g/mol. The second-order valence-corrected chi connectivity index (χ2v) is 7.75. The summed E-state index contributed by atoms with van der Waals surface area (Å²) in [5, 5.41) is 3.62. The van der Waals surface area contributed by atoms with Crippen LogP contribution in [-0.2, 0) is 4.79 Å². The molecular formula is C22H27ClN2O2. The van der Waals surface area contributed by atoms with Crippen molar-refractivity contribution >= 4 is 23.2 Å². The van der Waals surface area contributed by atoms with E-state index in [1.54, 1.807) is 24.3 Å². The summed E-state index contributed by atoms with van der Waals surface area (Å²) in [5.74, 6) is 1.23. The lowest BCUT2D eigenvalue weighted by Gasteiger charge is -2.33. The van der Waals surface area contributed by atoms with E-state index in [-0.39, 0.29) is 18.6 Å². The molecule has 1 N–H and O–H groups in total. The van der Waals surface area contributed by atoms with E-state index >= 15 is 0 Å². The molecule has 0 aliphatic carbocycles. The van der Waals surface area contributed by atoms with Gasteiger partial charge in [0, 0.05) is 23.8 Å². The second kappa shape index (κ2) is 9.14. The molecule has 1 amide bonds. The van der Waals surface area contributed by atoms with Crippen LogP contribution in [0.15, 0.2) is 48.5 Å². The van der Waals surface area contributed by atoms with Crippen LogP contribution in [0.5, 0.6) is 5.75 Å². The number of nitrogens with zero attached hydrogens (tertiary/aromatic N) is 1. The molecule has 0 saturated carbocycles. The van der Waals surface area contributed by atoms with Crippen molar-refractivity contribution in [2.24, 2.45) is 5.92 Å². The second-order valence-electron chi connectivity index (χ2n) is 7.32. The molecule has 3 rings (SSSR count). The number of carbonyl (C=O) groups excluding carboxylic acids is 1. The van der Waals surface area contributed by atoms with Crippen molar-refractivity contribution < 1.29 is 9.53 Å². The van der Waals surface area contributed by atoms with E-state index in [1.165, 1.54) is 18.5 Å². The van der Waals surface area contributed by atoms with Gasteiger partial charge in [-0.15, -0.1) is 0 Å². The lowest BCUT2D eigenvalue weighted by Crippen LogP contribution is -2.34. The lowest BCUT2D eigenvalue weighted by atomic mass is 9.99. The molecule has 0 aromatic heterocycles. The number of nitrogens with one attached hydrogen (secondary N) is 1. The van der Waals surface area contributed by atoms with E-state index in [4.69, 9.17) is 16.3 Å². The van der Waals surface area contributed by atoms with Gasteiger partial charge in [-0.25, -0.2) is 0 Å². The predicted octanol–water partition coefficient (Wildman–Crippen LogP) is 4.83. The van der Waals surface area contributed by atoms with Gasteiger partial charge in [0.05, 0.1) is 6.04 Å². The van der Waals surface area contributed by atoms with Crippen LogP contribution in [0.25, 0.3) is 0 Å². The third-order valence-electron chi connectivity index (χ3n) is 4.98. The van der Waals surface area contributed by atoms with Crippen LogP contribution in [0.4, 0.5) is 5.69 Å². The number of rotatable bonds is 6. The molecule has 1 saturated heterocycles. The van der Waals surface area contributed by atoms with Crippen molar-refractivity contribution in [3.05, 3.63) is 59.1 Å². The van der Waals surface area contributed by atoms with Crippen molar-refractivity contribution in [2.75, 3.05) is 24.6 Å². The lowest BCUT2D eigenvalue weighted by molar-refractivity contribution is -0.123. The Hall–Kier alpha value is -2.20. The molecule has 2 aromatic carbocycles. The number of ether oxygens (including phenoxy) is 1. The molecule has 0 bridgehead atoms. The molecule has 2 atom stereocenters. The fraction of sp³-hybridized carbons (Fsp3) is 0.409. The number of halogens is 1. The Kier molecular flexibility index (Phi) is 6.62. The zero-order valence-corrected chi connectivity index (χ0v) is 16.7. The average Bonchev–Trinajstić information content (AvgIpc) is 2.67. The Morgan fingerprint density at radius 3 is 2.59 bits per heavy atom. The fourth-order valence-corrected chi connectivity index (χ4v) is 3.57. The molecule has 144 valence electrons. The summed E-state index contributed by atoms with van der Waals surface area (Å²) in [5.41, 5.74) is 2.35. The van der Waals surface area contributed by atoms with Crippen LogP contribution in [0.3, 0.4) is 0 Å². The highest BCUT2D eigenvalue weighted by Gasteiger charge is 2.17. The van der Waals surface area contributed by atoms with Crippen LogP contribution < -0.4 is 15.0 Å². The highest BCUT2D eigenvalue weighted by atomic mass is 35.5. The Morgan fingerprint density at radius 2 is 1.93 bits per heavy atom. The number of hydrogen-bond acceptors (Lipinski definition) is 3. The van der Waals surface area contributed by atoms with Gasteiger partial charge in [-0.05, 0) is 67.6 Å². The molecule has 1 heterocycles. The summed E-state index contributed by atoms with van der Waals surface area (Å²) in [6.07, 6.45) is 2.57. The number of piperidine rings is 1. The zero-order chi connectivity index (χ0) is 19.2. The Morgan fingerprint density at radius 1 is 1.22 bits per heavy atom. The fourth-order valence-electron chi connectivity index (χ4n) is 3.44. The summed E-state index contributed by atoms with van der Waals surface area (Å²) >= 11 is 5.84. The third kappa shape index (κ3) is 5.64. The van der Waals surface area contributed by atoms with Crippen molar-refractivity contribution in [3.8, 4) is 5.75 Å². The number of anilines is 1. The molecule has 1 fully saturated rings. The smallest absolute Gasteiger partial charge is 0.258 e. The Balaban J connectivity index is 1.50. The minimum absolute atomic E-state index is 0.0181. The molecule has 1 aliphatic heterocycles. The maximum Gasteiger partial charge on any atom is 0.258 e. The average molecular weight is 387 g/mol. The number of hydrogen-bond donors (Lipinski definition) is 1. The molecule has 2 aromatic rings.